The number of hydrogen-bond donors (Lipinski definition) is 0. The number of benzene rings is 6. The first-order chi connectivity index (χ1) is 21.1. The zero-order chi connectivity index (χ0) is 29.1. The lowest BCUT2D eigenvalue weighted by Gasteiger charge is -2.44. The largest absolute Gasteiger partial charge is 0.311 e. The molecule has 0 aliphatic carbocycles. The van der Waals surface area contributed by atoms with E-state index in [0.29, 0.717) is 5.56 Å². The maximum Gasteiger partial charge on any atom is 0.252 e. The Labute approximate surface area is 248 Å². The maximum absolute atomic E-state index is 15.6. The van der Waals surface area contributed by atoms with Crippen LogP contribution in [-0.2, 0) is 0 Å². The van der Waals surface area contributed by atoms with Crippen molar-refractivity contribution in [1.82, 2.24) is 0 Å². The number of nitriles is 1. The first-order valence-electron chi connectivity index (χ1n) is 14.1. The molecular weight excluding hydrogens is 535 g/mol. The summed E-state index contributed by atoms with van der Waals surface area (Å²) < 4.78 is 29.9. The normalized spacial score (nSPS) is 12.7. The third-order valence-corrected chi connectivity index (χ3v) is 8.38. The van der Waals surface area contributed by atoms with E-state index in [2.05, 4.69) is 70.5 Å². The van der Waals surface area contributed by atoms with Gasteiger partial charge in [0, 0.05) is 45.8 Å². The number of para-hydroxylation sites is 4. The second kappa shape index (κ2) is 9.72. The van der Waals surface area contributed by atoms with Gasteiger partial charge in [0.2, 0.25) is 0 Å². The molecule has 6 heteroatoms. The van der Waals surface area contributed by atoms with Crippen molar-refractivity contribution in [1.29, 1.82) is 5.26 Å². The molecule has 0 aromatic heterocycles. The standard InChI is InChI=1S/C37H22BF2N3/c39-26-19-25(23-41)36(31(40)22-26)24-20-34-37-35(21-24)43(28-13-5-2-6-14-28)33-18-10-8-16-30(33)38(37)29-15-7-9-17-32(29)42(34)27-11-3-1-4-12-27/h1-22H. The van der Waals surface area contributed by atoms with E-state index in [-0.39, 0.29) is 17.8 Å². The van der Waals surface area contributed by atoms with Crippen LogP contribution in [0.2, 0.25) is 0 Å². The molecule has 6 aromatic carbocycles. The molecule has 202 valence electrons. The molecule has 0 fully saturated rings. The van der Waals surface area contributed by atoms with E-state index in [1.165, 1.54) is 10.9 Å². The molecule has 0 radical (unpaired) electrons. The lowest BCUT2D eigenvalue weighted by Crippen LogP contribution is -2.61. The second-order valence-corrected chi connectivity index (χ2v) is 10.7. The van der Waals surface area contributed by atoms with Crippen molar-refractivity contribution in [3.05, 3.63) is 151 Å². The molecule has 2 aliphatic rings. The molecule has 2 heterocycles. The number of halogens is 2. The molecule has 6 aromatic rings. The van der Waals surface area contributed by atoms with Gasteiger partial charge in [-0.15, -0.1) is 0 Å². The molecule has 0 N–H and O–H groups in total. The Balaban J connectivity index is 1.53. The van der Waals surface area contributed by atoms with E-state index in [1.807, 2.05) is 66.7 Å². The zero-order valence-electron chi connectivity index (χ0n) is 22.9. The zero-order valence-corrected chi connectivity index (χ0v) is 22.9. The van der Waals surface area contributed by atoms with Gasteiger partial charge in [0.15, 0.2) is 0 Å². The van der Waals surface area contributed by atoms with E-state index in [1.54, 1.807) is 0 Å². The molecule has 0 spiro atoms. The minimum atomic E-state index is -0.781. The first-order valence-corrected chi connectivity index (χ1v) is 14.1. The van der Waals surface area contributed by atoms with E-state index >= 15 is 4.39 Å². The Kier molecular flexibility index (Phi) is 5.67. The molecule has 0 bridgehead atoms. The summed E-state index contributed by atoms with van der Waals surface area (Å²) in [5.74, 6) is -1.55. The lowest BCUT2D eigenvalue weighted by atomic mass is 9.33. The molecule has 8 rings (SSSR count). The predicted molar refractivity (Wildman–Crippen MR) is 171 cm³/mol. The molecule has 0 saturated heterocycles. The fourth-order valence-electron chi connectivity index (χ4n) is 6.71. The number of anilines is 6. The average molecular weight is 557 g/mol. The summed E-state index contributed by atoms with van der Waals surface area (Å²) >= 11 is 0. The van der Waals surface area contributed by atoms with Gasteiger partial charge < -0.3 is 9.80 Å². The molecule has 0 amide bonds. The van der Waals surface area contributed by atoms with Crippen LogP contribution in [0.5, 0.6) is 0 Å². The molecule has 43 heavy (non-hydrogen) atoms. The monoisotopic (exact) mass is 557 g/mol. The van der Waals surface area contributed by atoms with Crippen LogP contribution < -0.4 is 26.2 Å². The highest BCUT2D eigenvalue weighted by Crippen LogP contribution is 2.46. The Morgan fingerprint density at radius 2 is 1.05 bits per heavy atom. The Morgan fingerprint density at radius 1 is 0.558 bits per heavy atom. The summed E-state index contributed by atoms with van der Waals surface area (Å²) in [5.41, 5.74) is 9.67. The summed E-state index contributed by atoms with van der Waals surface area (Å²) in [5, 5.41) is 9.96. The van der Waals surface area contributed by atoms with Crippen molar-refractivity contribution in [2.45, 2.75) is 0 Å². The highest BCUT2D eigenvalue weighted by Gasteiger charge is 2.43. The Morgan fingerprint density at radius 3 is 1.56 bits per heavy atom. The Bertz CT molecular complexity index is 1980. The Hall–Kier alpha value is -5.67. The molecular formula is C37H22BF2N3. The molecule has 3 nitrogen and oxygen atoms in total. The highest BCUT2D eigenvalue weighted by molar-refractivity contribution is 7.00. The fourth-order valence-corrected chi connectivity index (χ4v) is 6.71. The number of fused-ring (bicyclic) bond motifs is 4. The summed E-state index contributed by atoms with van der Waals surface area (Å²) in [6.45, 7) is -0.0834. The van der Waals surface area contributed by atoms with Gasteiger partial charge in [-0.1, -0.05) is 72.8 Å². The van der Waals surface area contributed by atoms with Crippen molar-refractivity contribution in [2.24, 2.45) is 0 Å². The van der Waals surface area contributed by atoms with Crippen molar-refractivity contribution < 1.29 is 8.78 Å². The highest BCUT2D eigenvalue weighted by atomic mass is 19.1. The van der Waals surface area contributed by atoms with Gasteiger partial charge in [-0.05, 0) is 76.5 Å². The molecule has 2 aliphatic heterocycles. The van der Waals surface area contributed by atoms with E-state index in [0.717, 1.165) is 51.7 Å². The van der Waals surface area contributed by atoms with Crippen molar-refractivity contribution >= 4 is 57.2 Å². The third kappa shape index (κ3) is 3.79. The van der Waals surface area contributed by atoms with Gasteiger partial charge >= 0.3 is 0 Å². The average Bonchev–Trinajstić information content (AvgIpc) is 3.04. The van der Waals surface area contributed by atoms with Crippen LogP contribution in [0.25, 0.3) is 11.1 Å². The summed E-state index contributed by atoms with van der Waals surface area (Å²) in [6.07, 6.45) is 0. The van der Waals surface area contributed by atoms with Crippen molar-refractivity contribution in [3.63, 3.8) is 0 Å². The van der Waals surface area contributed by atoms with Gasteiger partial charge in [0.1, 0.15) is 11.6 Å². The number of rotatable bonds is 3. The summed E-state index contributed by atoms with van der Waals surface area (Å²) in [4.78, 5) is 4.41. The van der Waals surface area contributed by atoms with Crippen LogP contribution in [0.3, 0.4) is 0 Å². The summed E-state index contributed by atoms with van der Waals surface area (Å²) in [7, 11) is 0. The minimum Gasteiger partial charge on any atom is -0.311 e. The van der Waals surface area contributed by atoms with E-state index < -0.39 is 11.6 Å². The van der Waals surface area contributed by atoms with Crippen molar-refractivity contribution in [3.8, 4) is 17.2 Å². The number of hydrogen-bond acceptors (Lipinski definition) is 3. The van der Waals surface area contributed by atoms with Crippen molar-refractivity contribution in [2.75, 3.05) is 9.80 Å². The lowest BCUT2D eigenvalue weighted by molar-refractivity contribution is 0.585. The summed E-state index contributed by atoms with van der Waals surface area (Å²) in [6, 6.07) is 44.8. The SMILES string of the molecule is N#Cc1cc(F)cc(F)c1-c1cc2c3c(c1)N(c1ccccc1)c1ccccc1B3c1ccccc1N2c1ccccc1. The second-order valence-electron chi connectivity index (χ2n) is 10.7. The molecule has 0 saturated carbocycles. The van der Waals surface area contributed by atoms with Crippen LogP contribution >= 0.6 is 0 Å². The van der Waals surface area contributed by atoms with Crippen LogP contribution in [0.4, 0.5) is 42.9 Å². The predicted octanol–water partition coefficient (Wildman–Crippen LogP) is 7.59. The van der Waals surface area contributed by atoms with Gasteiger partial charge in [-0.25, -0.2) is 8.78 Å². The number of nitrogens with zero attached hydrogens (tertiary/aromatic N) is 3. The molecule has 0 unspecified atom stereocenters. The van der Waals surface area contributed by atoms with Crippen LogP contribution in [-0.4, -0.2) is 6.71 Å². The topological polar surface area (TPSA) is 30.3 Å². The fraction of sp³-hybridized carbons (Fsp3) is 0. The quantitative estimate of drug-likeness (QED) is 0.210. The maximum atomic E-state index is 15.6. The molecule has 0 atom stereocenters. The van der Waals surface area contributed by atoms with E-state index in [4.69, 9.17) is 0 Å². The first kappa shape index (κ1) is 25.1. The van der Waals surface area contributed by atoms with Crippen LogP contribution in [0.15, 0.2) is 133 Å². The van der Waals surface area contributed by atoms with Gasteiger partial charge in [-0.2, -0.15) is 5.26 Å². The smallest absolute Gasteiger partial charge is 0.252 e. The third-order valence-electron chi connectivity index (χ3n) is 8.38. The van der Waals surface area contributed by atoms with Crippen LogP contribution in [0, 0.1) is 23.0 Å². The van der Waals surface area contributed by atoms with Gasteiger partial charge in [0.25, 0.3) is 6.71 Å². The minimum absolute atomic E-state index is 0.0499. The van der Waals surface area contributed by atoms with Crippen LogP contribution in [0.1, 0.15) is 5.56 Å². The van der Waals surface area contributed by atoms with E-state index in [9.17, 15) is 9.65 Å². The van der Waals surface area contributed by atoms with Gasteiger partial charge in [-0.3, -0.25) is 0 Å². The van der Waals surface area contributed by atoms with Gasteiger partial charge in [0.05, 0.1) is 11.6 Å².